The fraction of sp³-hybridized carbons (Fsp3) is 0.364. The van der Waals surface area contributed by atoms with Crippen molar-refractivity contribution in [3.63, 3.8) is 0 Å². The number of carbonyl (C=O) groups excluding carboxylic acids is 2. The number of amides is 2. The van der Waals surface area contributed by atoms with Crippen LogP contribution in [0.25, 0.3) is 0 Å². The minimum absolute atomic E-state index is 0.0349. The lowest BCUT2D eigenvalue weighted by atomic mass is 10.1. The number of halogens is 3. The predicted molar refractivity (Wildman–Crippen MR) is 114 cm³/mol. The van der Waals surface area contributed by atoms with Gasteiger partial charge in [0.25, 0.3) is 11.6 Å². The molecule has 0 bridgehead atoms. The smallest absolute Gasteiger partial charge is 0.363 e. The number of hydrogen-bond acceptors (Lipinski definition) is 6. The van der Waals surface area contributed by atoms with Crippen molar-refractivity contribution in [2.45, 2.75) is 25.6 Å². The highest BCUT2D eigenvalue weighted by Crippen LogP contribution is 2.37. The molecule has 1 atom stereocenters. The summed E-state index contributed by atoms with van der Waals surface area (Å²) in [6.07, 6.45) is -4.65. The van der Waals surface area contributed by atoms with Gasteiger partial charge in [0.15, 0.2) is 0 Å². The van der Waals surface area contributed by atoms with Gasteiger partial charge in [0, 0.05) is 32.2 Å². The number of anilines is 2. The van der Waals surface area contributed by atoms with Crippen LogP contribution in [0.15, 0.2) is 42.5 Å². The standard InChI is InChI=1S/C22H21F3N4O4/c1-14-3-2-4-16(11-14)28-20(30)13-19(21(28)31)27-9-7-26(8-10-27)17-6-5-15(22(23,24)25)12-18(17)29(32)33/h2-6,11-12,19H,7-10,13H2,1H3. The molecule has 2 aliphatic rings. The molecule has 33 heavy (non-hydrogen) atoms. The van der Waals surface area contributed by atoms with Gasteiger partial charge in [-0.3, -0.25) is 24.6 Å². The van der Waals surface area contributed by atoms with Crippen molar-refractivity contribution >= 4 is 28.9 Å². The molecule has 174 valence electrons. The Bertz CT molecular complexity index is 1110. The Morgan fingerprint density at radius 2 is 1.73 bits per heavy atom. The van der Waals surface area contributed by atoms with Gasteiger partial charge in [0.05, 0.1) is 28.6 Å². The first-order valence-corrected chi connectivity index (χ1v) is 10.3. The summed E-state index contributed by atoms with van der Waals surface area (Å²) in [7, 11) is 0. The molecule has 2 fully saturated rings. The molecule has 4 rings (SSSR count). The maximum absolute atomic E-state index is 13.0. The summed E-state index contributed by atoms with van der Waals surface area (Å²) in [6, 6.07) is 8.95. The molecule has 0 spiro atoms. The first-order valence-electron chi connectivity index (χ1n) is 10.3. The zero-order chi connectivity index (χ0) is 23.9. The Morgan fingerprint density at radius 3 is 2.33 bits per heavy atom. The number of nitro groups is 1. The summed E-state index contributed by atoms with van der Waals surface area (Å²) in [5.41, 5.74) is -0.156. The number of alkyl halides is 3. The van der Waals surface area contributed by atoms with Crippen molar-refractivity contribution in [3.05, 3.63) is 63.7 Å². The predicted octanol–water partition coefficient (Wildman–Crippen LogP) is 3.38. The Hall–Kier alpha value is -3.47. The van der Waals surface area contributed by atoms with Crippen LogP contribution in [-0.4, -0.2) is 53.9 Å². The van der Waals surface area contributed by atoms with E-state index in [0.717, 1.165) is 17.7 Å². The Kier molecular flexibility index (Phi) is 5.83. The highest BCUT2D eigenvalue weighted by atomic mass is 19.4. The molecule has 11 heteroatoms. The fourth-order valence-corrected chi connectivity index (χ4v) is 4.33. The summed E-state index contributed by atoms with van der Waals surface area (Å²) in [6.45, 7) is 3.09. The molecule has 2 saturated heterocycles. The molecule has 2 aromatic rings. The Labute approximate surface area is 187 Å². The number of aryl methyl sites for hydroxylation is 1. The number of carbonyl (C=O) groups is 2. The monoisotopic (exact) mass is 462 g/mol. The highest BCUT2D eigenvalue weighted by Gasteiger charge is 2.43. The molecule has 0 aliphatic carbocycles. The van der Waals surface area contributed by atoms with Gasteiger partial charge in [-0.05, 0) is 36.8 Å². The van der Waals surface area contributed by atoms with Crippen LogP contribution in [0.4, 0.5) is 30.2 Å². The number of rotatable bonds is 4. The average Bonchev–Trinajstić information content (AvgIpc) is 3.06. The summed E-state index contributed by atoms with van der Waals surface area (Å²) < 4.78 is 38.9. The van der Waals surface area contributed by atoms with Gasteiger partial charge in [0.2, 0.25) is 5.91 Å². The molecule has 0 N–H and O–H groups in total. The van der Waals surface area contributed by atoms with Crippen LogP contribution in [0.5, 0.6) is 0 Å². The number of piperazine rings is 1. The maximum Gasteiger partial charge on any atom is 0.416 e. The third kappa shape index (κ3) is 4.40. The Balaban J connectivity index is 1.48. The lowest BCUT2D eigenvalue weighted by Crippen LogP contribution is -2.52. The van der Waals surface area contributed by atoms with Crippen LogP contribution in [0.3, 0.4) is 0 Å². The van der Waals surface area contributed by atoms with Crippen molar-refractivity contribution in [2.75, 3.05) is 36.0 Å². The van der Waals surface area contributed by atoms with Gasteiger partial charge in [-0.25, -0.2) is 4.90 Å². The molecule has 2 heterocycles. The van der Waals surface area contributed by atoms with Gasteiger partial charge in [0.1, 0.15) is 5.69 Å². The van der Waals surface area contributed by atoms with Crippen molar-refractivity contribution in [1.29, 1.82) is 0 Å². The van der Waals surface area contributed by atoms with E-state index in [4.69, 9.17) is 0 Å². The SMILES string of the molecule is Cc1cccc(N2C(=O)CC(N3CCN(c4ccc(C(F)(F)F)cc4[N+](=O)[O-])CC3)C2=O)c1. The second-order valence-electron chi connectivity index (χ2n) is 8.11. The quantitative estimate of drug-likeness (QED) is 0.393. The van der Waals surface area contributed by atoms with E-state index in [9.17, 15) is 32.9 Å². The van der Waals surface area contributed by atoms with Gasteiger partial charge in [-0.2, -0.15) is 13.2 Å². The van der Waals surface area contributed by atoms with E-state index in [1.807, 2.05) is 17.9 Å². The summed E-state index contributed by atoms with van der Waals surface area (Å²) in [5.74, 6) is -0.615. The van der Waals surface area contributed by atoms with Crippen LogP contribution in [0.1, 0.15) is 17.5 Å². The number of benzene rings is 2. The van der Waals surface area contributed by atoms with E-state index in [0.29, 0.717) is 24.8 Å². The van der Waals surface area contributed by atoms with Crippen LogP contribution in [0, 0.1) is 17.0 Å². The van der Waals surface area contributed by atoms with Crippen LogP contribution in [0.2, 0.25) is 0 Å². The number of nitrogens with zero attached hydrogens (tertiary/aromatic N) is 4. The van der Waals surface area contributed by atoms with Crippen molar-refractivity contribution in [2.24, 2.45) is 0 Å². The van der Waals surface area contributed by atoms with Crippen molar-refractivity contribution < 1.29 is 27.7 Å². The largest absolute Gasteiger partial charge is 0.416 e. The number of nitro benzene ring substituents is 1. The van der Waals surface area contributed by atoms with Crippen molar-refractivity contribution in [3.8, 4) is 0 Å². The second-order valence-corrected chi connectivity index (χ2v) is 8.11. The van der Waals surface area contributed by atoms with Gasteiger partial charge in [-0.1, -0.05) is 12.1 Å². The molecule has 8 nitrogen and oxygen atoms in total. The minimum atomic E-state index is -4.68. The lowest BCUT2D eigenvalue weighted by molar-refractivity contribution is -0.384. The van der Waals surface area contributed by atoms with Crippen LogP contribution in [-0.2, 0) is 15.8 Å². The first-order chi connectivity index (χ1) is 15.6. The third-order valence-electron chi connectivity index (χ3n) is 5.98. The summed E-state index contributed by atoms with van der Waals surface area (Å²) >= 11 is 0. The van der Waals surface area contributed by atoms with E-state index < -0.39 is 28.4 Å². The molecular formula is C22H21F3N4O4. The van der Waals surface area contributed by atoms with Crippen LogP contribution >= 0.6 is 0 Å². The fourth-order valence-electron chi connectivity index (χ4n) is 4.33. The van der Waals surface area contributed by atoms with Gasteiger partial charge in [-0.15, -0.1) is 0 Å². The molecule has 0 saturated carbocycles. The van der Waals surface area contributed by atoms with Gasteiger partial charge >= 0.3 is 6.18 Å². The second kappa shape index (κ2) is 8.47. The van der Waals surface area contributed by atoms with E-state index in [1.165, 1.54) is 4.90 Å². The van der Waals surface area contributed by atoms with Crippen LogP contribution < -0.4 is 9.80 Å². The number of imide groups is 1. The molecule has 0 aromatic heterocycles. The molecule has 2 aromatic carbocycles. The lowest BCUT2D eigenvalue weighted by Gasteiger charge is -2.37. The van der Waals surface area contributed by atoms with Gasteiger partial charge < -0.3 is 4.90 Å². The Morgan fingerprint density at radius 1 is 1.03 bits per heavy atom. The molecule has 0 radical (unpaired) electrons. The first kappa shape index (κ1) is 22.7. The van der Waals surface area contributed by atoms with E-state index >= 15 is 0 Å². The van der Waals surface area contributed by atoms with E-state index in [1.54, 1.807) is 23.1 Å². The number of hydrogen-bond donors (Lipinski definition) is 0. The summed E-state index contributed by atoms with van der Waals surface area (Å²) in [4.78, 5) is 40.8. The molecule has 2 amide bonds. The summed E-state index contributed by atoms with van der Waals surface area (Å²) in [5, 5.41) is 11.4. The minimum Gasteiger partial charge on any atom is -0.363 e. The average molecular weight is 462 g/mol. The maximum atomic E-state index is 13.0. The van der Waals surface area contributed by atoms with Crippen molar-refractivity contribution in [1.82, 2.24) is 4.90 Å². The highest BCUT2D eigenvalue weighted by molar-refractivity contribution is 6.22. The van der Waals surface area contributed by atoms with E-state index in [-0.39, 0.29) is 37.0 Å². The molecular weight excluding hydrogens is 441 g/mol. The zero-order valence-electron chi connectivity index (χ0n) is 17.7. The zero-order valence-corrected chi connectivity index (χ0v) is 17.7. The molecule has 2 aliphatic heterocycles. The topological polar surface area (TPSA) is 87.0 Å². The van der Waals surface area contributed by atoms with E-state index in [2.05, 4.69) is 0 Å². The normalized spacial score (nSPS) is 19.9. The molecule has 1 unspecified atom stereocenters. The third-order valence-corrected chi connectivity index (χ3v) is 5.98.